The molecule has 6 nitrogen and oxygen atoms in total. The summed E-state index contributed by atoms with van der Waals surface area (Å²) in [7, 11) is 0. The summed E-state index contributed by atoms with van der Waals surface area (Å²) >= 11 is 0. The Kier molecular flexibility index (Phi) is 8.23. The molecule has 160 valence electrons. The molecule has 0 aromatic heterocycles. The van der Waals surface area contributed by atoms with Crippen molar-refractivity contribution in [2.24, 2.45) is 11.8 Å². The molecule has 1 saturated heterocycles. The normalized spacial score (nSPS) is 17.0. The minimum Gasteiger partial charge on any atom is -0.352 e. The Morgan fingerprint density at radius 1 is 1.10 bits per heavy atom. The van der Waals surface area contributed by atoms with Crippen LogP contribution in [-0.4, -0.2) is 47.8 Å². The van der Waals surface area contributed by atoms with Gasteiger partial charge in [0.2, 0.25) is 11.8 Å². The number of nitrogens with one attached hydrogen (secondary N) is 2. The van der Waals surface area contributed by atoms with E-state index >= 15 is 0 Å². The third-order valence-electron chi connectivity index (χ3n) is 5.89. The first-order chi connectivity index (χ1) is 13.7. The fraction of sp³-hybridized carbons (Fsp3) is 0.609. The Labute approximate surface area is 174 Å². The first kappa shape index (κ1) is 22.9. The molecular formula is C23H35N3O3. The number of rotatable bonds is 7. The van der Waals surface area contributed by atoms with E-state index < -0.39 is 6.04 Å². The van der Waals surface area contributed by atoms with Gasteiger partial charge in [0.1, 0.15) is 6.04 Å². The van der Waals surface area contributed by atoms with Gasteiger partial charge in [0, 0.05) is 31.1 Å². The molecule has 29 heavy (non-hydrogen) atoms. The fourth-order valence-corrected chi connectivity index (χ4v) is 3.59. The number of aryl methyl sites for hydroxylation is 1. The molecule has 2 atom stereocenters. The van der Waals surface area contributed by atoms with Crippen LogP contribution < -0.4 is 10.6 Å². The number of carbonyl (C=O) groups excluding carboxylic acids is 3. The van der Waals surface area contributed by atoms with Gasteiger partial charge in [-0.15, -0.1) is 0 Å². The van der Waals surface area contributed by atoms with Crippen molar-refractivity contribution in [1.29, 1.82) is 0 Å². The molecule has 6 heteroatoms. The van der Waals surface area contributed by atoms with Gasteiger partial charge < -0.3 is 15.5 Å². The van der Waals surface area contributed by atoms with Gasteiger partial charge in [-0.05, 0) is 50.7 Å². The lowest BCUT2D eigenvalue weighted by Gasteiger charge is -2.36. The van der Waals surface area contributed by atoms with Gasteiger partial charge >= 0.3 is 0 Å². The first-order valence-electron chi connectivity index (χ1n) is 10.7. The summed E-state index contributed by atoms with van der Waals surface area (Å²) in [5, 5.41) is 6.03. The molecule has 0 aliphatic carbocycles. The van der Waals surface area contributed by atoms with Crippen molar-refractivity contribution in [3.8, 4) is 0 Å². The second-order valence-electron chi connectivity index (χ2n) is 8.43. The quantitative estimate of drug-likeness (QED) is 0.737. The molecule has 1 aliphatic heterocycles. The van der Waals surface area contributed by atoms with Crippen molar-refractivity contribution in [3.63, 3.8) is 0 Å². The van der Waals surface area contributed by atoms with Crippen LogP contribution >= 0.6 is 0 Å². The molecule has 2 rings (SSSR count). The van der Waals surface area contributed by atoms with E-state index in [4.69, 9.17) is 0 Å². The average Bonchev–Trinajstić information content (AvgIpc) is 2.71. The summed E-state index contributed by atoms with van der Waals surface area (Å²) in [6, 6.07) is 6.77. The van der Waals surface area contributed by atoms with Gasteiger partial charge in [0.15, 0.2) is 0 Å². The van der Waals surface area contributed by atoms with Crippen LogP contribution in [0, 0.1) is 18.8 Å². The van der Waals surface area contributed by atoms with E-state index in [1.165, 1.54) is 0 Å². The maximum atomic E-state index is 13.1. The summed E-state index contributed by atoms with van der Waals surface area (Å²) in [5.74, 6) is 0.0624. The monoisotopic (exact) mass is 401 g/mol. The summed E-state index contributed by atoms with van der Waals surface area (Å²) in [6.07, 6.45) is 1.90. The van der Waals surface area contributed by atoms with Gasteiger partial charge in [-0.2, -0.15) is 0 Å². The van der Waals surface area contributed by atoms with Crippen LogP contribution in [0.15, 0.2) is 24.3 Å². The molecule has 2 unspecified atom stereocenters. The van der Waals surface area contributed by atoms with E-state index in [0.29, 0.717) is 43.8 Å². The van der Waals surface area contributed by atoms with Crippen molar-refractivity contribution in [1.82, 2.24) is 15.5 Å². The Morgan fingerprint density at radius 3 is 2.31 bits per heavy atom. The van der Waals surface area contributed by atoms with E-state index in [-0.39, 0.29) is 29.7 Å². The molecule has 0 bridgehead atoms. The zero-order valence-corrected chi connectivity index (χ0v) is 18.3. The van der Waals surface area contributed by atoms with Crippen LogP contribution in [0.1, 0.15) is 62.9 Å². The molecule has 1 aromatic carbocycles. The van der Waals surface area contributed by atoms with E-state index in [0.717, 1.165) is 5.56 Å². The van der Waals surface area contributed by atoms with Gasteiger partial charge in [-0.25, -0.2) is 0 Å². The fourth-order valence-electron chi connectivity index (χ4n) is 3.59. The molecule has 3 amide bonds. The second kappa shape index (κ2) is 10.4. The molecule has 0 saturated carbocycles. The van der Waals surface area contributed by atoms with Crippen molar-refractivity contribution in [2.45, 2.75) is 66.0 Å². The molecule has 2 N–H and O–H groups in total. The number of hydrogen-bond acceptors (Lipinski definition) is 3. The Bertz CT molecular complexity index is 724. The lowest BCUT2D eigenvalue weighted by Crippen LogP contribution is -2.55. The topological polar surface area (TPSA) is 78.5 Å². The van der Waals surface area contributed by atoms with E-state index in [2.05, 4.69) is 24.5 Å². The van der Waals surface area contributed by atoms with Crippen molar-refractivity contribution >= 4 is 17.7 Å². The number of hydrogen-bond donors (Lipinski definition) is 2. The Balaban J connectivity index is 2.14. The lowest BCUT2D eigenvalue weighted by molar-refractivity contribution is -0.132. The maximum absolute atomic E-state index is 13.1. The summed E-state index contributed by atoms with van der Waals surface area (Å²) < 4.78 is 0. The number of benzene rings is 1. The SMILES string of the molecule is CCC(=O)N1CCC(C(NC(=O)c2cccc(C)c2)C(=O)NC(C)C(C)C)CC1. The van der Waals surface area contributed by atoms with Crippen molar-refractivity contribution in [2.75, 3.05) is 13.1 Å². The lowest BCUT2D eigenvalue weighted by atomic mass is 9.88. The van der Waals surface area contributed by atoms with Crippen LogP contribution in [0.2, 0.25) is 0 Å². The summed E-state index contributed by atoms with van der Waals surface area (Å²) in [5.41, 5.74) is 1.55. The smallest absolute Gasteiger partial charge is 0.251 e. The largest absolute Gasteiger partial charge is 0.352 e. The minimum atomic E-state index is -0.608. The Hall–Kier alpha value is -2.37. The third kappa shape index (κ3) is 6.31. The molecule has 1 aromatic rings. The zero-order valence-electron chi connectivity index (χ0n) is 18.3. The van der Waals surface area contributed by atoms with Gasteiger partial charge in [0.05, 0.1) is 0 Å². The van der Waals surface area contributed by atoms with Crippen molar-refractivity contribution in [3.05, 3.63) is 35.4 Å². The van der Waals surface area contributed by atoms with Gasteiger partial charge in [0.25, 0.3) is 5.91 Å². The average molecular weight is 402 g/mol. The highest BCUT2D eigenvalue weighted by Gasteiger charge is 2.34. The standard InChI is InChI=1S/C23H35N3O3/c1-6-20(27)26-12-10-18(11-13-26)21(23(29)24-17(5)15(2)3)25-22(28)19-9-7-8-16(4)14-19/h7-9,14-15,17-18,21H,6,10-13H2,1-5H3,(H,24,29)(H,25,28). The number of carbonyl (C=O) groups is 3. The molecule has 0 spiro atoms. The third-order valence-corrected chi connectivity index (χ3v) is 5.89. The van der Waals surface area contributed by atoms with Gasteiger partial charge in [-0.3, -0.25) is 14.4 Å². The van der Waals surface area contributed by atoms with Crippen LogP contribution in [0.4, 0.5) is 0 Å². The molecule has 1 heterocycles. The number of piperidine rings is 1. The minimum absolute atomic E-state index is 0.00373. The van der Waals surface area contributed by atoms with Crippen LogP contribution in [0.3, 0.4) is 0 Å². The predicted octanol–water partition coefficient (Wildman–Crippen LogP) is 2.90. The van der Waals surface area contributed by atoms with Crippen LogP contribution in [0.5, 0.6) is 0 Å². The number of amides is 3. The summed E-state index contributed by atoms with van der Waals surface area (Å²) in [6.45, 7) is 11.1. The predicted molar refractivity (Wildman–Crippen MR) is 114 cm³/mol. The van der Waals surface area contributed by atoms with E-state index in [1.807, 2.05) is 43.9 Å². The summed E-state index contributed by atoms with van der Waals surface area (Å²) in [4.78, 5) is 39.7. The van der Waals surface area contributed by atoms with E-state index in [1.54, 1.807) is 6.07 Å². The zero-order chi connectivity index (χ0) is 21.6. The molecule has 1 aliphatic rings. The highest BCUT2D eigenvalue weighted by Crippen LogP contribution is 2.22. The van der Waals surface area contributed by atoms with Crippen LogP contribution in [-0.2, 0) is 9.59 Å². The molecule has 1 fully saturated rings. The maximum Gasteiger partial charge on any atom is 0.251 e. The second-order valence-corrected chi connectivity index (χ2v) is 8.43. The number of nitrogens with zero attached hydrogens (tertiary/aromatic N) is 1. The van der Waals surface area contributed by atoms with Gasteiger partial charge in [-0.1, -0.05) is 38.5 Å². The highest BCUT2D eigenvalue weighted by molar-refractivity contribution is 5.97. The molecule has 0 radical (unpaired) electrons. The first-order valence-corrected chi connectivity index (χ1v) is 10.7. The van der Waals surface area contributed by atoms with E-state index in [9.17, 15) is 14.4 Å². The van der Waals surface area contributed by atoms with Crippen molar-refractivity contribution < 1.29 is 14.4 Å². The van der Waals surface area contributed by atoms with Crippen LogP contribution in [0.25, 0.3) is 0 Å². The molecular weight excluding hydrogens is 366 g/mol. The Morgan fingerprint density at radius 2 is 1.76 bits per heavy atom. The number of likely N-dealkylation sites (tertiary alicyclic amines) is 1. The highest BCUT2D eigenvalue weighted by atomic mass is 16.2.